The van der Waals surface area contributed by atoms with Crippen LogP contribution in [0.25, 0.3) is 0 Å². The molecule has 0 aromatic heterocycles. The predicted octanol–water partition coefficient (Wildman–Crippen LogP) is 2.83. The zero-order valence-electron chi connectivity index (χ0n) is 12.5. The van der Waals surface area contributed by atoms with E-state index >= 15 is 0 Å². The van der Waals surface area contributed by atoms with Crippen molar-refractivity contribution in [2.75, 3.05) is 0 Å². The lowest BCUT2D eigenvalue weighted by molar-refractivity contribution is -0.122. The van der Waals surface area contributed by atoms with Crippen LogP contribution in [0.15, 0.2) is 0 Å². The first-order chi connectivity index (χ1) is 8.28. The Kier molecular flexibility index (Phi) is 5.64. The van der Waals surface area contributed by atoms with Gasteiger partial charge in [-0.2, -0.15) is 0 Å². The SMILES string of the molecule is C[C@@H](NC(=O)CC(N)CC(C)(C)C)C1CCCC1. The van der Waals surface area contributed by atoms with Crippen molar-refractivity contribution in [2.24, 2.45) is 17.1 Å². The molecule has 3 N–H and O–H groups in total. The molecule has 3 nitrogen and oxygen atoms in total. The summed E-state index contributed by atoms with van der Waals surface area (Å²) in [7, 11) is 0. The van der Waals surface area contributed by atoms with E-state index in [1.54, 1.807) is 0 Å². The van der Waals surface area contributed by atoms with Crippen LogP contribution in [0.1, 0.15) is 66.2 Å². The number of hydrogen-bond donors (Lipinski definition) is 2. The van der Waals surface area contributed by atoms with Gasteiger partial charge in [0, 0.05) is 18.5 Å². The Hall–Kier alpha value is -0.570. The molecule has 1 amide bonds. The van der Waals surface area contributed by atoms with E-state index in [0.717, 1.165) is 6.42 Å². The Morgan fingerprint density at radius 2 is 1.89 bits per heavy atom. The van der Waals surface area contributed by atoms with Gasteiger partial charge >= 0.3 is 0 Å². The van der Waals surface area contributed by atoms with E-state index in [9.17, 15) is 4.79 Å². The minimum Gasteiger partial charge on any atom is -0.353 e. The monoisotopic (exact) mass is 254 g/mol. The highest BCUT2D eigenvalue weighted by Gasteiger charge is 2.24. The first kappa shape index (κ1) is 15.5. The number of rotatable bonds is 5. The number of amides is 1. The summed E-state index contributed by atoms with van der Waals surface area (Å²) in [4.78, 5) is 11.9. The smallest absolute Gasteiger partial charge is 0.221 e. The minimum absolute atomic E-state index is 0.0271. The van der Waals surface area contributed by atoms with Crippen LogP contribution in [0.3, 0.4) is 0 Å². The largest absolute Gasteiger partial charge is 0.353 e. The summed E-state index contributed by atoms with van der Waals surface area (Å²) < 4.78 is 0. The van der Waals surface area contributed by atoms with Gasteiger partial charge in [-0.05, 0) is 37.5 Å². The molecule has 0 saturated heterocycles. The molecule has 0 aromatic rings. The van der Waals surface area contributed by atoms with Gasteiger partial charge in [0.05, 0.1) is 0 Å². The lowest BCUT2D eigenvalue weighted by Gasteiger charge is -2.24. The average molecular weight is 254 g/mol. The Balaban J connectivity index is 2.27. The zero-order valence-corrected chi connectivity index (χ0v) is 12.5. The van der Waals surface area contributed by atoms with Crippen LogP contribution in [0.5, 0.6) is 0 Å². The highest BCUT2D eigenvalue weighted by Crippen LogP contribution is 2.27. The van der Waals surface area contributed by atoms with Crippen molar-refractivity contribution in [3.63, 3.8) is 0 Å². The van der Waals surface area contributed by atoms with E-state index < -0.39 is 0 Å². The van der Waals surface area contributed by atoms with Crippen molar-refractivity contribution < 1.29 is 4.79 Å². The molecule has 0 aliphatic heterocycles. The van der Waals surface area contributed by atoms with Crippen LogP contribution in [-0.4, -0.2) is 18.0 Å². The van der Waals surface area contributed by atoms with Gasteiger partial charge < -0.3 is 11.1 Å². The highest BCUT2D eigenvalue weighted by atomic mass is 16.1. The van der Waals surface area contributed by atoms with E-state index in [0.29, 0.717) is 18.4 Å². The van der Waals surface area contributed by atoms with E-state index in [-0.39, 0.29) is 17.4 Å². The second-order valence-corrected chi connectivity index (χ2v) is 7.13. The van der Waals surface area contributed by atoms with E-state index in [2.05, 4.69) is 33.0 Å². The summed E-state index contributed by atoms with van der Waals surface area (Å²) in [6.07, 6.45) is 6.49. The lowest BCUT2D eigenvalue weighted by atomic mass is 9.87. The van der Waals surface area contributed by atoms with Crippen LogP contribution < -0.4 is 11.1 Å². The van der Waals surface area contributed by atoms with Gasteiger partial charge in [-0.1, -0.05) is 33.6 Å². The standard InChI is InChI=1S/C15H30N2O/c1-11(12-7-5-6-8-12)17-14(18)9-13(16)10-15(2,3)4/h11-13H,5-10,16H2,1-4H3,(H,17,18)/t11-,13?/m1/s1. The highest BCUT2D eigenvalue weighted by molar-refractivity contribution is 5.76. The molecule has 1 fully saturated rings. The molecular weight excluding hydrogens is 224 g/mol. The summed E-state index contributed by atoms with van der Waals surface area (Å²) in [5.41, 5.74) is 6.22. The summed E-state index contributed by atoms with van der Waals surface area (Å²) in [5, 5.41) is 3.12. The normalized spacial score (nSPS) is 20.7. The minimum atomic E-state index is -0.0271. The maximum Gasteiger partial charge on any atom is 0.221 e. The fourth-order valence-corrected chi connectivity index (χ4v) is 2.98. The van der Waals surface area contributed by atoms with Gasteiger partial charge in [0.15, 0.2) is 0 Å². The number of carbonyl (C=O) groups excluding carboxylic acids is 1. The van der Waals surface area contributed by atoms with Crippen LogP contribution in [0.4, 0.5) is 0 Å². The molecule has 1 saturated carbocycles. The third-order valence-electron chi connectivity index (χ3n) is 3.82. The number of carbonyl (C=O) groups is 1. The first-order valence-corrected chi connectivity index (χ1v) is 7.33. The Morgan fingerprint density at radius 3 is 2.39 bits per heavy atom. The molecule has 18 heavy (non-hydrogen) atoms. The van der Waals surface area contributed by atoms with Gasteiger partial charge in [-0.3, -0.25) is 4.79 Å². The maximum absolute atomic E-state index is 11.9. The van der Waals surface area contributed by atoms with Gasteiger partial charge in [-0.15, -0.1) is 0 Å². The van der Waals surface area contributed by atoms with Crippen molar-refractivity contribution in [3.05, 3.63) is 0 Å². The van der Waals surface area contributed by atoms with E-state index in [1.807, 2.05) is 0 Å². The van der Waals surface area contributed by atoms with Crippen LogP contribution in [-0.2, 0) is 4.79 Å². The van der Waals surface area contributed by atoms with Gasteiger partial charge in [-0.25, -0.2) is 0 Å². The summed E-state index contributed by atoms with van der Waals surface area (Å²) >= 11 is 0. The number of nitrogens with one attached hydrogen (secondary N) is 1. The Labute approximate surface area is 112 Å². The fraction of sp³-hybridized carbons (Fsp3) is 0.933. The third-order valence-corrected chi connectivity index (χ3v) is 3.82. The maximum atomic E-state index is 11.9. The Bertz CT molecular complexity index is 264. The molecule has 0 aromatic carbocycles. The molecule has 106 valence electrons. The van der Waals surface area contributed by atoms with Crippen molar-refractivity contribution >= 4 is 5.91 Å². The van der Waals surface area contributed by atoms with Crippen molar-refractivity contribution in [3.8, 4) is 0 Å². The first-order valence-electron chi connectivity index (χ1n) is 7.33. The van der Waals surface area contributed by atoms with E-state index in [4.69, 9.17) is 5.73 Å². The van der Waals surface area contributed by atoms with Crippen molar-refractivity contribution in [1.82, 2.24) is 5.32 Å². The number of nitrogens with two attached hydrogens (primary N) is 1. The second-order valence-electron chi connectivity index (χ2n) is 7.13. The predicted molar refractivity (Wildman–Crippen MR) is 76.2 cm³/mol. The molecule has 1 aliphatic rings. The second kappa shape index (κ2) is 6.55. The number of hydrogen-bond acceptors (Lipinski definition) is 2. The third kappa shape index (κ3) is 5.85. The summed E-state index contributed by atoms with van der Waals surface area (Å²) in [6, 6.07) is 0.280. The molecule has 1 unspecified atom stereocenters. The van der Waals surface area contributed by atoms with Crippen LogP contribution >= 0.6 is 0 Å². The van der Waals surface area contributed by atoms with Gasteiger partial charge in [0.25, 0.3) is 0 Å². The average Bonchev–Trinajstić information content (AvgIpc) is 2.65. The van der Waals surface area contributed by atoms with Gasteiger partial charge in [0.1, 0.15) is 0 Å². The van der Waals surface area contributed by atoms with Crippen LogP contribution in [0.2, 0.25) is 0 Å². The fourth-order valence-electron chi connectivity index (χ4n) is 2.98. The molecule has 0 heterocycles. The van der Waals surface area contributed by atoms with Crippen LogP contribution in [0, 0.1) is 11.3 Å². The zero-order chi connectivity index (χ0) is 13.8. The topological polar surface area (TPSA) is 55.1 Å². The molecule has 0 spiro atoms. The summed E-state index contributed by atoms with van der Waals surface area (Å²) in [5.74, 6) is 0.791. The van der Waals surface area contributed by atoms with Crippen molar-refractivity contribution in [1.29, 1.82) is 0 Å². The van der Waals surface area contributed by atoms with E-state index in [1.165, 1.54) is 25.7 Å². The molecule has 3 heteroatoms. The quantitative estimate of drug-likeness (QED) is 0.792. The van der Waals surface area contributed by atoms with Gasteiger partial charge in [0.2, 0.25) is 5.91 Å². The molecule has 0 radical (unpaired) electrons. The Morgan fingerprint density at radius 1 is 1.33 bits per heavy atom. The molecule has 1 aliphatic carbocycles. The molecule has 0 bridgehead atoms. The molecular formula is C15H30N2O. The molecule has 1 rings (SSSR count). The van der Waals surface area contributed by atoms with Crippen molar-refractivity contribution in [2.45, 2.75) is 78.3 Å². The summed E-state index contributed by atoms with van der Waals surface area (Å²) in [6.45, 7) is 8.60. The molecule has 2 atom stereocenters. The lowest BCUT2D eigenvalue weighted by Crippen LogP contribution is -2.40.